The van der Waals surface area contributed by atoms with Gasteiger partial charge in [0.1, 0.15) is 17.0 Å². The maximum Gasteiger partial charge on any atom is 0.311 e. The summed E-state index contributed by atoms with van der Waals surface area (Å²) in [5.41, 5.74) is 1.55. The maximum atomic E-state index is 11.6. The topological polar surface area (TPSA) is 69.4 Å². The molecule has 0 spiro atoms. The van der Waals surface area contributed by atoms with Gasteiger partial charge in [0, 0.05) is 23.9 Å². The van der Waals surface area contributed by atoms with Crippen molar-refractivity contribution in [2.45, 2.75) is 12.8 Å². The number of fused-ring (bicyclic) bond motifs is 2. The molecule has 22 heavy (non-hydrogen) atoms. The molecule has 0 unspecified atom stereocenters. The van der Waals surface area contributed by atoms with Crippen molar-refractivity contribution in [3.05, 3.63) is 46.6 Å². The van der Waals surface area contributed by atoms with Crippen LogP contribution in [0.4, 0.5) is 0 Å². The van der Waals surface area contributed by atoms with Crippen molar-refractivity contribution in [3.8, 4) is 17.2 Å². The number of aromatic nitrogens is 1. The predicted molar refractivity (Wildman–Crippen MR) is 85.6 cm³/mol. The van der Waals surface area contributed by atoms with E-state index in [1.807, 2.05) is 0 Å². The minimum absolute atomic E-state index is 0.144. The van der Waals surface area contributed by atoms with E-state index in [4.69, 9.17) is 9.15 Å². The standard InChI is InChI=1S/C16H12BrNO4/c17-7-1-2-16(20)21-11-4-6-13-15(9-11)22-14-8-10(19)3-5-12(14)18-13/h3-6,8-9H,1-2,7H2. The minimum Gasteiger partial charge on any atom is -0.453 e. The summed E-state index contributed by atoms with van der Waals surface area (Å²) in [5.74, 6) is 0.507. The van der Waals surface area contributed by atoms with Gasteiger partial charge in [-0.2, -0.15) is 0 Å². The number of halogens is 1. The highest BCUT2D eigenvalue weighted by Crippen LogP contribution is 2.26. The van der Waals surface area contributed by atoms with Crippen molar-refractivity contribution in [2.24, 2.45) is 0 Å². The van der Waals surface area contributed by atoms with E-state index in [1.54, 1.807) is 24.3 Å². The predicted octanol–water partition coefficient (Wildman–Crippen LogP) is 3.37. The lowest BCUT2D eigenvalue weighted by molar-refractivity contribution is -0.134. The summed E-state index contributed by atoms with van der Waals surface area (Å²) in [6, 6.07) is 9.44. The molecule has 6 heteroatoms. The van der Waals surface area contributed by atoms with Crippen molar-refractivity contribution in [2.75, 3.05) is 5.33 Å². The normalized spacial score (nSPS) is 11.0. The first kappa shape index (κ1) is 14.7. The number of carbonyl (C=O) groups is 1. The Kier molecular flexibility index (Phi) is 4.20. The van der Waals surface area contributed by atoms with Gasteiger partial charge in [0.15, 0.2) is 16.8 Å². The van der Waals surface area contributed by atoms with E-state index in [0.717, 1.165) is 11.8 Å². The summed E-state index contributed by atoms with van der Waals surface area (Å²) in [6.07, 6.45) is 1.06. The molecule has 2 aliphatic rings. The van der Waals surface area contributed by atoms with Gasteiger partial charge in [0.05, 0.1) is 0 Å². The number of esters is 1. The van der Waals surface area contributed by atoms with Gasteiger partial charge >= 0.3 is 5.97 Å². The number of ether oxygens (including phenoxy) is 1. The van der Waals surface area contributed by atoms with Crippen molar-refractivity contribution >= 4 is 33.0 Å². The molecule has 0 N–H and O–H groups in total. The Morgan fingerprint density at radius 3 is 2.91 bits per heavy atom. The fourth-order valence-electron chi connectivity index (χ4n) is 2.04. The van der Waals surface area contributed by atoms with Gasteiger partial charge in [-0.05, 0) is 30.7 Å². The third-order valence-corrected chi connectivity index (χ3v) is 3.63. The van der Waals surface area contributed by atoms with E-state index < -0.39 is 0 Å². The molecule has 0 fully saturated rings. The summed E-state index contributed by atoms with van der Waals surface area (Å²) in [6.45, 7) is 0. The number of carbonyl (C=O) groups excluding carboxylic acids is 1. The Bertz CT molecular complexity index is 858. The van der Waals surface area contributed by atoms with Gasteiger partial charge in [0.25, 0.3) is 0 Å². The largest absolute Gasteiger partial charge is 0.453 e. The molecule has 0 saturated heterocycles. The average molecular weight is 362 g/mol. The molecular formula is C16H12BrNO4. The van der Waals surface area contributed by atoms with Crippen LogP contribution in [-0.2, 0) is 4.79 Å². The summed E-state index contributed by atoms with van der Waals surface area (Å²) in [4.78, 5) is 27.4. The molecule has 112 valence electrons. The fourth-order valence-corrected chi connectivity index (χ4v) is 2.32. The number of hydrogen-bond acceptors (Lipinski definition) is 5. The lowest BCUT2D eigenvalue weighted by Crippen LogP contribution is -2.07. The van der Waals surface area contributed by atoms with E-state index in [1.165, 1.54) is 12.1 Å². The highest BCUT2D eigenvalue weighted by atomic mass is 79.9. The van der Waals surface area contributed by atoms with Gasteiger partial charge in [-0.3, -0.25) is 9.59 Å². The maximum absolute atomic E-state index is 11.6. The number of hydrogen-bond donors (Lipinski definition) is 0. The lowest BCUT2D eigenvalue weighted by atomic mass is 10.2. The van der Waals surface area contributed by atoms with Gasteiger partial charge in [-0.1, -0.05) is 15.9 Å². The smallest absolute Gasteiger partial charge is 0.311 e. The van der Waals surface area contributed by atoms with Crippen molar-refractivity contribution in [3.63, 3.8) is 0 Å². The molecule has 1 aromatic carbocycles. The second kappa shape index (κ2) is 6.27. The molecule has 5 nitrogen and oxygen atoms in total. The lowest BCUT2D eigenvalue weighted by Gasteiger charge is -2.07. The third-order valence-electron chi connectivity index (χ3n) is 3.07. The Morgan fingerprint density at radius 1 is 1.23 bits per heavy atom. The number of alkyl halides is 1. The number of nitrogens with zero attached hydrogens (tertiary/aromatic N) is 1. The Morgan fingerprint density at radius 2 is 2.09 bits per heavy atom. The van der Waals surface area contributed by atoms with Crippen LogP contribution in [0.15, 0.2) is 45.6 Å². The SMILES string of the molecule is O=C(CCCBr)Oc1ccc2nc3ccc(=O)cc-3oc2c1. The third kappa shape index (κ3) is 3.17. The first-order chi connectivity index (χ1) is 10.7. The van der Waals surface area contributed by atoms with Crippen LogP contribution >= 0.6 is 15.9 Å². The van der Waals surface area contributed by atoms with Crippen LogP contribution < -0.4 is 10.2 Å². The zero-order valence-electron chi connectivity index (χ0n) is 11.5. The van der Waals surface area contributed by atoms with Crippen LogP contribution in [0.3, 0.4) is 0 Å². The van der Waals surface area contributed by atoms with Crippen molar-refractivity contribution in [1.29, 1.82) is 0 Å². The van der Waals surface area contributed by atoms with Crippen LogP contribution in [0.2, 0.25) is 0 Å². The Labute approximate surface area is 134 Å². The van der Waals surface area contributed by atoms with Crippen LogP contribution in [0, 0.1) is 0 Å². The van der Waals surface area contributed by atoms with Crippen LogP contribution in [0.5, 0.6) is 5.75 Å². The van der Waals surface area contributed by atoms with E-state index in [2.05, 4.69) is 20.9 Å². The minimum atomic E-state index is -0.297. The van der Waals surface area contributed by atoms with Crippen molar-refractivity contribution < 1.29 is 13.9 Å². The molecule has 1 aromatic rings. The summed E-state index contributed by atoms with van der Waals surface area (Å²) in [5, 5.41) is 0.753. The van der Waals surface area contributed by atoms with Crippen LogP contribution in [0.1, 0.15) is 12.8 Å². The van der Waals surface area contributed by atoms with Crippen LogP contribution in [0.25, 0.3) is 22.6 Å². The zero-order chi connectivity index (χ0) is 15.5. The van der Waals surface area contributed by atoms with Crippen molar-refractivity contribution in [1.82, 2.24) is 4.98 Å². The molecule has 3 rings (SSSR count). The van der Waals surface area contributed by atoms with Crippen LogP contribution in [-0.4, -0.2) is 16.3 Å². The highest BCUT2D eigenvalue weighted by Gasteiger charge is 2.11. The first-order valence-corrected chi connectivity index (χ1v) is 7.89. The van der Waals surface area contributed by atoms with E-state index in [-0.39, 0.29) is 11.4 Å². The van der Waals surface area contributed by atoms with Gasteiger partial charge in [-0.25, -0.2) is 4.98 Å². The molecule has 0 saturated carbocycles. The summed E-state index contributed by atoms with van der Waals surface area (Å²) < 4.78 is 10.9. The number of rotatable bonds is 4. The quantitative estimate of drug-likeness (QED) is 0.308. The molecule has 1 aliphatic heterocycles. The molecule has 1 heterocycles. The van der Waals surface area contributed by atoms with Gasteiger partial charge in [0.2, 0.25) is 0 Å². The second-order valence-electron chi connectivity index (χ2n) is 4.74. The number of benzene rings is 2. The zero-order valence-corrected chi connectivity index (χ0v) is 13.1. The molecule has 1 aliphatic carbocycles. The van der Waals surface area contributed by atoms with E-state index in [0.29, 0.717) is 34.7 Å². The van der Waals surface area contributed by atoms with Gasteiger partial charge in [-0.15, -0.1) is 0 Å². The van der Waals surface area contributed by atoms with E-state index in [9.17, 15) is 9.59 Å². The van der Waals surface area contributed by atoms with E-state index >= 15 is 0 Å². The monoisotopic (exact) mass is 361 g/mol. The Balaban J connectivity index is 1.95. The average Bonchev–Trinajstić information content (AvgIpc) is 2.51. The molecule has 0 aromatic heterocycles. The Hall–Kier alpha value is -2.21. The summed E-state index contributed by atoms with van der Waals surface area (Å²) in [7, 11) is 0. The molecule has 0 amide bonds. The molecule has 0 radical (unpaired) electrons. The summed E-state index contributed by atoms with van der Waals surface area (Å²) >= 11 is 3.27. The highest BCUT2D eigenvalue weighted by molar-refractivity contribution is 9.09. The molecule has 0 bridgehead atoms. The first-order valence-electron chi connectivity index (χ1n) is 6.77. The molecule has 0 atom stereocenters. The fraction of sp³-hybridized carbons (Fsp3) is 0.188. The second-order valence-corrected chi connectivity index (χ2v) is 5.53. The molecular weight excluding hydrogens is 350 g/mol. The van der Waals surface area contributed by atoms with Gasteiger partial charge < -0.3 is 9.15 Å².